The summed E-state index contributed by atoms with van der Waals surface area (Å²) in [6.45, 7) is 7.06. The Kier molecular flexibility index (Phi) is 7.70. The molecule has 0 radical (unpaired) electrons. The van der Waals surface area contributed by atoms with Crippen molar-refractivity contribution >= 4 is 50.8 Å². The Morgan fingerprint density at radius 1 is 1.23 bits per heavy atom. The molecule has 31 heavy (non-hydrogen) atoms. The number of aromatic nitrogens is 1. The van der Waals surface area contributed by atoms with Crippen LogP contribution >= 0.6 is 23.1 Å². The first-order valence-corrected chi connectivity index (χ1v) is 11.5. The number of methoxy groups -OCH3 is 1. The summed E-state index contributed by atoms with van der Waals surface area (Å²) in [5.74, 6) is 1.10. The number of carbonyl (C=O) groups is 2. The summed E-state index contributed by atoms with van der Waals surface area (Å²) in [6.07, 6.45) is 0.387. The lowest BCUT2D eigenvalue weighted by molar-refractivity contribution is -0.125. The predicted molar refractivity (Wildman–Crippen MR) is 128 cm³/mol. The van der Waals surface area contributed by atoms with Gasteiger partial charge in [-0.3, -0.25) is 9.59 Å². The third-order valence-corrected chi connectivity index (χ3v) is 6.64. The fourth-order valence-corrected chi connectivity index (χ4v) is 5.14. The molecule has 1 atom stereocenters. The molecule has 0 aliphatic carbocycles. The van der Waals surface area contributed by atoms with Crippen LogP contribution in [0, 0.1) is 0 Å². The van der Waals surface area contributed by atoms with Crippen molar-refractivity contribution in [2.24, 2.45) is 0 Å². The molecule has 2 aromatic carbocycles. The number of nitrogens with zero attached hydrogens (tertiary/aromatic N) is 1. The summed E-state index contributed by atoms with van der Waals surface area (Å²) in [5.41, 5.74) is 3.48. The van der Waals surface area contributed by atoms with Crippen molar-refractivity contribution in [3.63, 3.8) is 0 Å². The molecular weight excluding hydrogens is 430 g/mol. The number of para-hydroxylation sites is 1. The highest BCUT2D eigenvalue weighted by atomic mass is 32.2. The number of carbonyl (C=O) groups excluding carboxylic acids is 2. The summed E-state index contributed by atoms with van der Waals surface area (Å²) < 4.78 is 7.34. The fraction of sp³-hybridized carbons (Fsp3) is 0.261. The Bertz CT molecular complexity index is 1090. The van der Waals surface area contributed by atoms with Crippen LogP contribution in [-0.2, 0) is 15.3 Å². The number of thioether (sulfide) groups is 1. The zero-order chi connectivity index (χ0) is 22.4. The van der Waals surface area contributed by atoms with Gasteiger partial charge in [-0.15, -0.1) is 17.9 Å². The van der Waals surface area contributed by atoms with Gasteiger partial charge in [0.2, 0.25) is 11.8 Å². The second-order valence-corrected chi connectivity index (χ2v) is 9.42. The molecule has 0 saturated heterocycles. The molecule has 2 amide bonds. The van der Waals surface area contributed by atoms with Gasteiger partial charge in [0, 0.05) is 23.9 Å². The highest BCUT2D eigenvalue weighted by Crippen LogP contribution is 2.34. The summed E-state index contributed by atoms with van der Waals surface area (Å²) in [6, 6.07) is 12.9. The number of amides is 2. The van der Waals surface area contributed by atoms with Crippen molar-refractivity contribution in [1.29, 1.82) is 0 Å². The van der Waals surface area contributed by atoms with Gasteiger partial charge in [0.15, 0.2) is 4.34 Å². The molecule has 1 heterocycles. The van der Waals surface area contributed by atoms with E-state index in [1.165, 1.54) is 6.92 Å². The number of anilines is 1. The van der Waals surface area contributed by atoms with E-state index in [9.17, 15) is 9.59 Å². The minimum Gasteiger partial charge on any atom is -0.496 e. The van der Waals surface area contributed by atoms with Crippen LogP contribution in [0.2, 0.25) is 0 Å². The van der Waals surface area contributed by atoms with Crippen LogP contribution in [0.3, 0.4) is 0 Å². The van der Waals surface area contributed by atoms with Crippen LogP contribution in [0.4, 0.5) is 5.69 Å². The van der Waals surface area contributed by atoms with Crippen molar-refractivity contribution in [3.05, 3.63) is 60.2 Å². The van der Waals surface area contributed by atoms with E-state index >= 15 is 0 Å². The molecule has 2 N–H and O–H groups in total. The molecule has 6 nitrogen and oxygen atoms in total. The first kappa shape index (κ1) is 22.8. The second-order valence-electron chi connectivity index (χ2n) is 7.17. The van der Waals surface area contributed by atoms with E-state index in [-0.39, 0.29) is 11.8 Å². The molecule has 1 unspecified atom stereocenters. The van der Waals surface area contributed by atoms with Gasteiger partial charge >= 0.3 is 0 Å². The molecule has 0 aliphatic rings. The molecule has 1 aromatic heterocycles. The van der Waals surface area contributed by atoms with Crippen molar-refractivity contribution in [3.8, 4) is 5.75 Å². The Morgan fingerprint density at radius 3 is 2.71 bits per heavy atom. The topological polar surface area (TPSA) is 80.3 Å². The lowest BCUT2D eigenvalue weighted by Crippen LogP contribution is -2.43. The number of ether oxygens (including phenoxy) is 1. The van der Waals surface area contributed by atoms with Crippen LogP contribution in [0.5, 0.6) is 5.75 Å². The number of thiazole rings is 1. The number of fused-ring (bicyclic) bond motifs is 1. The van der Waals surface area contributed by atoms with E-state index in [2.05, 4.69) is 22.2 Å². The summed E-state index contributed by atoms with van der Waals surface area (Å²) in [5, 5.41) is 5.57. The zero-order valence-electron chi connectivity index (χ0n) is 17.7. The lowest BCUT2D eigenvalue weighted by Gasteiger charge is -2.17. The third-order valence-electron chi connectivity index (χ3n) is 4.43. The van der Waals surface area contributed by atoms with Crippen molar-refractivity contribution in [1.82, 2.24) is 10.3 Å². The van der Waals surface area contributed by atoms with Crippen LogP contribution in [0.15, 0.2) is 59.0 Å². The van der Waals surface area contributed by atoms with Crippen LogP contribution < -0.4 is 15.4 Å². The van der Waals surface area contributed by atoms with Gasteiger partial charge < -0.3 is 15.4 Å². The summed E-state index contributed by atoms with van der Waals surface area (Å²) in [7, 11) is 1.67. The van der Waals surface area contributed by atoms with E-state index in [0.717, 1.165) is 37.2 Å². The molecule has 162 valence electrons. The average molecular weight is 456 g/mol. The predicted octanol–water partition coefficient (Wildman–Crippen LogP) is 5.01. The molecule has 0 bridgehead atoms. The van der Waals surface area contributed by atoms with E-state index in [1.807, 2.05) is 49.4 Å². The molecule has 3 rings (SSSR count). The molecular formula is C23H25N3O3S2. The van der Waals surface area contributed by atoms with E-state index in [4.69, 9.17) is 4.74 Å². The fourth-order valence-electron chi connectivity index (χ4n) is 3.04. The Labute approximate surface area is 190 Å². The van der Waals surface area contributed by atoms with Gasteiger partial charge in [0.1, 0.15) is 11.8 Å². The highest BCUT2D eigenvalue weighted by molar-refractivity contribution is 8.00. The lowest BCUT2D eigenvalue weighted by atomic mass is 10.1. The highest BCUT2D eigenvalue weighted by Gasteiger charge is 2.20. The molecule has 8 heteroatoms. The van der Waals surface area contributed by atoms with Crippen molar-refractivity contribution in [2.75, 3.05) is 12.4 Å². The maximum atomic E-state index is 12.6. The van der Waals surface area contributed by atoms with E-state index in [0.29, 0.717) is 12.1 Å². The van der Waals surface area contributed by atoms with Gasteiger partial charge in [-0.05, 0) is 37.6 Å². The van der Waals surface area contributed by atoms with Gasteiger partial charge in [-0.1, -0.05) is 35.5 Å². The normalized spacial score (nSPS) is 11.7. The Morgan fingerprint density at radius 2 is 2.00 bits per heavy atom. The van der Waals surface area contributed by atoms with E-state index < -0.39 is 6.04 Å². The monoisotopic (exact) mass is 455 g/mol. The minimum absolute atomic E-state index is 0.254. The van der Waals surface area contributed by atoms with Crippen LogP contribution in [0.1, 0.15) is 25.8 Å². The number of nitrogens with one attached hydrogen (secondary N) is 2. The van der Waals surface area contributed by atoms with Crippen molar-refractivity contribution < 1.29 is 14.3 Å². The maximum Gasteiger partial charge on any atom is 0.247 e. The largest absolute Gasteiger partial charge is 0.496 e. The van der Waals surface area contributed by atoms with Crippen molar-refractivity contribution in [2.45, 2.75) is 36.4 Å². The first-order chi connectivity index (χ1) is 14.9. The van der Waals surface area contributed by atoms with Gasteiger partial charge in [0.25, 0.3) is 0 Å². The second kappa shape index (κ2) is 10.5. The molecule has 0 saturated carbocycles. The van der Waals surface area contributed by atoms with Crippen LogP contribution in [-0.4, -0.2) is 29.9 Å². The SMILES string of the molecule is C=C(C)CC(NC(C)=O)C(=O)Nc1ccc2nc(SCc3ccccc3OC)sc2c1. The number of benzene rings is 2. The number of hydrogen-bond acceptors (Lipinski definition) is 6. The Hall–Kier alpha value is -2.84. The number of rotatable bonds is 9. The third kappa shape index (κ3) is 6.32. The maximum absolute atomic E-state index is 12.6. The summed E-state index contributed by atoms with van der Waals surface area (Å²) >= 11 is 3.23. The van der Waals surface area contributed by atoms with Gasteiger partial charge in [-0.2, -0.15) is 0 Å². The first-order valence-electron chi connectivity index (χ1n) is 9.73. The average Bonchev–Trinajstić information content (AvgIpc) is 3.13. The zero-order valence-corrected chi connectivity index (χ0v) is 19.4. The molecule has 0 spiro atoms. The summed E-state index contributed by atoms with van der Waals surface area (Å²) in [4.78, 5) is 28.8. The molecule has 0 fully saturated rings. The van der Waals surface area contributed by atoms with Gasteiger partial charge in [-0.25, -0.2) is 4.98 Å². The molecule has 0 aliphatic heterocycles. The Balaban J connectivity index is 1.70. The van der Waals surface area contributed by atoms with Gasteiger partial charge in [0.05, 0.1) is 17.3 Å². The molecule has 3 aromatic rings. The standard InChI is InChI=1S/C23H25N3O3S2/c1-14(2)11-19(24-15(3)27)22(28)25-17-9-10-18-21(12-17)31-23(26-18)30-13-16-7-5-6-8-20(16)29-4/h5-10,12,19H,1,11,13H2,2-4H3,(H,24,27)(H,25,28). The smallest absolute Gasteiger partial charge is 0.247 e. The van der Waals surface area contributed by atoms with Crippen LogP contribution in [0.25, 0.3) is 10.2 Å². The van der Waals surface area contributed by atoms with E-state index in [1.54, 1.807) is 30.2 Å². The number of hydrogen-bond donors (Lipinski definition) is 2. The quantitative estimate of drug-likeness (QED) is 0.350. The minimum atomic E-state index is -0.654.